The van der Waals surface area contributed by atoms with Crippen molar-refractivity contribution in [1.82, 2.24) is 0 Å². The average Bonchev–Trinajstić information content (AvgIpc) is 2.42. The van der Waals surface area contributed by atoms with Gasteiger partial charge < -0.3 is 5.32 Å². The van der Waals surface area contributed by atoms with Gasteiger partial charge in [-0.25, -0.2) is 8.78 Å². The minimum atomic E-state index is -1.04. The van der Waals surface area contributed by atoms with Crippen molar-refractivity contribution >= 4 is 40.9 Å². The lowest BCUT2D eigenvalue weighted by atomic mass is 10.2. The van der Waals surface area contributed by atoms with Crippen molar-refractivity contribution in [2.45, 2.75) is 0 Å². The molecule has 0 aliphatic rings. The van der Waals surface area contributed by atoms with Crippen LogP contribution >= 0.6 is 23.2 Å². The van der Waals surface area contributed by atoms with E-state index in [-0.39, 0.29) is 5.69 Å². The molecule has 2 aromatic carbocycles. The monoisotopic (exact) mass is 327 g/mol. The largest absolute Gasteiger partial charge is 0.322 e. The highest BCUT2D eigenvalue weighted by molar-refractivity contribution is 6.37. The highest BCUT2D eigenvalue weighted by atomic mass is 35.5. The molecular formula is C15H9Cl2F2NO. The maximum atomic E-state index is 13.0. The molecule has 1 amide bonds. The van der Waals surface area contributed by atoms with Crippen LogP contribution in [0, 0.1) is 11.6 Å². The molecule has 0 radical (unpaired) electrons. The second kappa shape index (κ2) is 6.70. The van der Waals surface area contributed by atoms with Crippen LogP contribution < -0.4 is 5.32 Å². The summed E-state index contributed by atoms with van der Waals surface area (Å²) in [5.41, 5.74) is 0.648. The molecule has 0 aliphatic heterocycles. The molecule has 0 spiro atoms. The molecule has 0 aliphatic carbocycles. The first-order valence-corrected chi connectivity index (χ1v) is 6.61. The predicted molar refractivity (Wildman–Crippen MR) is 80.5 cm³/mol. The molecule has 0 saturated carbocycles. The molecule has 0 fully saturated rings. The summed E-state index contributed by atoms with van der Waals surface area (Å²) in [7, 11) is 0. The predicted octanol–water partition coefficient (Wildman–Crippen LogP) is 4.92. The summed E-state index contributed by atoms with van der Waals surface area (Å²) in [5.74, 6) is -2.53. The molecule has 0 saturated heterocycles. The lowest BCUT2D eigenvalue weighted by Crippen LogP contribution is -2.08. The van der Waals surface area contributed by atoms with Gasteiger partial charge in [0.05, 0.1) is 0 Å². The van der Waals surface area contributed by atoms with E-state index in [1.807, 2.05) is 0 Å². The van der Waals surface area contributed by atoms with Crippen LogP contribution in [-0.4, -0.2) is 5.91 Å². The Morgan fingerprint density at radius 3 is 2.33 bits per heavy atom. The van der Waals surface area contributed by atoms with Crippen LogP contribution in [0.2, 0.25) is 10.0 Å². The summed E-state index contributed by atoms with van der Waals surface area (Å²) >= 11 is 11.9. The molecule has 0 bridgehead atoms. The van der Waals surface area contributed by atoms with Gasteiger partial charge in [-0.3, -0.25) is 4.79 Å². The second-order valence-corrected chi connectivity index (χ2v) is 4.90. The van der Waals surface area contributed by atoms with Crippen molar-refractivity contribution in [3.63, 3.8) is 0 Å². The van der Waals surface area contributed by atoms with Gasteiger partial charge in [0.15, 0.2) is 11.6 Å². The fourth-order valence-electron chi connectivity index (χ4n) is 1.59. The number of rotatable bonds is 3. The third-order valence-electron chi connectivity index (χ3n) is 2.59. The van der Waals surface area contributed by atoms with Gasteiger partial charge in [0, 0.05) is 33.4 Å². The normalized spacial score (nSPS) is 10.9. The van der Waals surface area contributed by atoms with Crippen molar-refractivity contribution in [3.8, 4) is 0 Å². The first kappa shape index (κ1) is 15.5. The lowest BCUT2D eigenvalue weighted by molar-refractivity contribution is -0.111. The molecule has 0 aromatic heterocycles. The van der Waals surface area contributed by atoms with E-state index in [1.54, 1.807) is 18.2 Å². The van der Waals surface area contributed by atoms with E-state index < -0.39 is 17.5 Å². The van der Waals surface area contributed by atoms with Crippen molar-refractivity contribution in [1.29, 1.82) is 0 Å². The van der Waals surface area contributed by atoms with E-state index in [9.17, 15) is 13.6 Å². The Labute approximate surface area is 130 Å². The highest BCUT2D eigenvalue weighted by Gasteiger charge is 2.05. The fraction of sp³-hybridized carbons (Fsp3) is 0. The minimum Gasteiger partial charge on any atom is -0.322 e. The fourth-order valence-corrected chi connectivity index (χ4v) is 2.11. The number of hydrogen-bond acceptors (Lipinski definition) is 1. The van der Waals surface area contributed by atoms with E-state index in [1.165, 1.54) is 18.2 Å². The number of hydrogen-bond donors (Lipinski definition) is 1. The van der Waals surface area contributed by atoms with Crippen LogP contribution in [0.3, 0.4) is 0 Å². The smallest absolute Gasteiger partial charge is 0.248 e. The van der Waals surface area contributed by atoms with Crippen LogP contribution in [0.4, 0.5) is 14.5 Å². The molecule has 1 N–H and O–H groups in total. The molecule has 2 rings (SSSR count). The number of carbonyl (C=O) groups is 1. The Hall–Kier alpha value is -1.91. The third-order valence-corrected chi connectivity index (χ3v) is 3.25. The standard InChI is InChI=1S/C15H9Cl2F2NO/c16-11-2-1-3-12(17)10(11)5-7-15(21)20-9-4-6-13(18)14(19)8-9/h1-8H,(H,20,21). The average molecular weight is 328 g/mol. The molecule has 2 aromatic rings. The van der Waals surface area contributed by atoms with Crippen LogP contribution in [0.25, 0.3) is 6.08 Å². The molecule has 2 nitrogen and oxygen atoms in total. The summed E-state index contributed by atoms with van der Waals surface area (Å²) in [6, 6.07) is 8.04. The number of benzene rings is 2. The van der Waals surface area contributed by atoms with Crippen LogP contribution in [0.1, 0.15) is 5.56 Å². The minimum absolute atomic E-state index is 0.147. The van der Waals surface area contributed by atoms with Crippen molar-refractivity contribution in [2.24, 2.45) is 0 Å². The number of carbonyl (C=O) groups excluding carboxylic acids is 1. The second-order valence-electron chi connectivity index (χ2n) is 4.09. The summed E-state index contributed by atoms with van der Waals surface area (Å²) in [6.07, 6.45) is 2.65. The third kappa shape index (κ3) is 4.03. The van der Waals surface area contributed by atoms with E-state index in [0.29, 0.717) is 15.6 Å². The van der Waals surface area contributed by atoms with E-state index >= 15 is 0 Å². The van der Waals surface area contributed by atoms with Gasteiger partial charge in [-0.1, -0.05) is 29.3 Å². The molecule has 6 heteroatoms. The molecule has 108 valence electrons. The first-order chi connectivity index (χ1) is 9.97. The maximum absolute atomic E-state index is 13.0. The number of nitrogens with one attached hydrogen (secondary N) is 1. The van der Waals surface area contributed by atoms with Crippen LogP contribution in [0.15, 0.2) is 42.5 Å². The first-order valence-electron chi connectivity index (χ1n) is 5.85. The Balaban J connectivity index is 2.11. The van der Waals surface area contributed by atoms with Crippen LogP contribution in [-0.2, 0) is 4.79 Å². The Morgan fingerprint density at radius 2 is 1.71 bits per heavy atom. The van der Waals surface area contributed by atoms with E-state index in [2.05, 4.69) is 5.32 Å². The Morgan fingerprint density at radius 1 is 1.05 bits per heavy atom. The summed E-state index contributed by atoms with van der Waals surface area (Å²) in [5, 5.41) is 3.20. The van der Waals surface area contributed by atoms with Gasteiger partial charge in [0.2, 0.25) is 5.91 Å². The highest BCUT2D eigenvalue weighted by Crippen LogP contribution is 2.25. The number of halogens is 4. The molecular weight excluding hydrogens is 319 g/mol. The Bertz CT molecular complexity index is 697. The van der Waals surface area contributed by atoms with Gasteiger partial charge in [-0.15, -0.1) is 0 Å². The zero-order chi connectivity index (χ0) is 15.4. The molecule has 0 atom stereocenters. The lowest BCUT2D eigenvalue weighted by Gasteiger charge is -2.03. The van der Waals surface area contributed by atoms with Gasteiger partial charge in [-0.2, -0.15) is 0 Å². The summed E-state index contributed by atoms with van der Waals surface area (Å²) < 4.78 is 25.8. The van der Waals surface area contributed by atoms with Gasteiger partial charge in [0.25, 0.3) is 0 Å². The van der Waals surface area contributed by atoms with Gasteiger partial charge in [-0.05, 0) is 30.3 Å². The topological polar surface area (TPSA) is 29.1 Å². The SMILES string of the molecule is O=C(C=Cc1c(Cl)cccc1Cl)Nc1ccc(F)c(F)c1. The molecule has 0 unspecified atom stereocenters. The molecule has 21 heavy (non-hydrogen) atoms. The quantitative estimate of drug-likeness (QED) is 0.796. The number of amides is 1. The van der Waals surface area contributed by atoms with E-state index in [4.69, 9.17) is 23.2 Å². The zero-order valence-corrected chi connectivity index (χ0v) is 12.1. The van der Waals surface area contributed by atoms with Crippen molar-refractivity contribution < 1.29 is 13.6 Å². The van der Waals surface area contributed by atoms with Crippen molar-refractivity contribution in [2.75, 3.05) is 5.32 Å². The van der Waals surface area contributed by atoms with Crippen molar-refractivity contribution in [3.05, 3.63) is 69.7 Å². The van der Waals surface area contributed by atoms with Crippen LogP contribution in [0.5, 0.6) is 0 Å². The van der Waals surface area contributed by atoms with Gasteiger partial charge >= 0.3 is 0 Å². The Kier molecular flexibility index (Phi) is 4.94. The molecule has 0 heterocycles. The zero-order valence-electron chi connectivity index (χ0n) is 10.5. The maximum Gasteiger partial charge on any atom is 0.248 e. The summed E-state index contributed by atoms with van der Waals surface area (Å²) in [4.78, 5) is 11.7. The summed E-state index contributed by atoms with van der Waals surface area (Å²) in [6.45, 7) is 0. The van der Waals surface area contributed by atoms with Gasteiger partial charge in [0.1, 0.15) is 0 Å². The van der Waals surface area contributed by atoms with E-state index in [0.717, 1.165) is 12.1 Å². The number of anilines is 1.